The summed E-state index contributed by atoms with van der Waals surface area (Å²) < 4.78 is 16.3. The van der Waals surface area contributed by atoms with Crippen LogP contribution in [0, 0.1) is 0 Å². The van der Waals surface area contributed by atoms with Gasteiger partial charge in [0.1, 0.15) is 12.1 Å². The molecule has 3 aliphatic rings. The SMILES string of the molecule is CC(=O)ON1C2=C(OC3C=CCC31)OC(C)(C)OC2=O. The van der Waals surface area contributed by atoms with Crippen LogP contribution in [0.3, 0.4) is 0 Å². The average Bonchev–Trinajstić information content (AvgIpc) is 2.73. The molecule has 3 rings (SSSR count). The first-order valence-corrected chi connectivity index (χ1v) is 6.35. The van der Waals surface area contributed by atoms with Crippen molar-refractivity contribution in [3.63, 3.8) is 0 Å². The molecule has 2 unspecified atom stereocenters. The Hall–Kier alpha value is -2.18. The molecule has 0 saturated carbocycles. The number of rotatable bonds is 1. The Morgan fingerprint density at radius 1 is 1.45 bits per heavy atom. The third-order valence-electron chi connectivity index (χ3n) is 3.14. The first-order chi connectivity index (χ1) is 9.37. The van der Waals surface area contributed by atoms with Crippen molar-refractivity contribution in [3.8, 4) is 0 Å². The van der Waals surface area contributed by atoms with Crippen LogP contribution < -0.4 is 0 Å². The molecule has 0 bridgehead atoms. The number of fused-ring (bicyclic) bond motifs is 1. The van der Waals surface area contributed by atoms with Gasteiger partial charge in [0.05, 0.1) is 0 Å². The van der Waals surface area contributed by atoms with E-state index in [9.17, 15) is 9.59 Å². The minimum absolute atomic E-state index is 0.00975. The number of carbonyl (C=O) groups is 2. The van der Waals surface area contributed by atoms with Crippen LogP contribution in [0.25, 0.3) is 0 Å². The summed E-state index contributed by atoms with van der Waals surface area (Å²) in [4.78, 5) is 28.5. The fourth-order valence-corrected chi connectivity index (χ4v) is 2.41. The Bertz CT molecular complexity index is 535. The molecule has 0 fully saturated rings. The predicted octanol–water partition coefficient (Wildman–Crippen LogP) is 0.972. The van der Waals surface area contributed by atoms with Crippen molar-refractivity contribution in [1.29, 1.82) is 0 Å². The number of carbonyl (C=O) groups excluding carboxylic acids is 2. The van der Waals surface area contributed by atoms with Gasteiger partial charge in [-0.1, -0.05) is 6.08 Å². The molecule has 2 atom stereocenters. The minimum Gasteiger partial charge on any atom is -0.454 e. The number of hydrogen-bond donors (Lipinski definition) is 0. The van der Waals surface area contributed by atoms with E-state index in [1.54, 1.807) is 13.8 Å². The summed E-state index contributed by atoms with van der Waals surface area (Å²) in [5.41, 5.74) is -0.00975. The number of cyclic esters (lactones) is 1. The van der Waals surface area contributed by atoms with E-state index in [0.29, 0.717) is 6.42 Å². The van der Waals surface area contributed by atoms with Crippen molar-refractivity contribution in [1.82, 2.24) is 5.06 Å². The Morgan fingerprint density at radius 3 is 2.90 bits per heavy atom. The van der Waals surface area contributed by atoms with Gasteiger partial charge in [-0.2, -0.15) is 5.06 Å². The lowest BCUT2D eigenvalue weighted by atomic mass is 10.1. The van der Waals surface area contributed by atoms with Gasteiger partial charge in [0.25, 0.3) is 5.79 Å². The molecule has 0 radical (unpaired) electrons. The van der Waals surface area contributed by atoms with Crippen molar-refractivity contribution in [3.05, 3.63) is 23.8 Å². The van der Waals surface area contributed by atoms with Crippen molar-refractivity contribution in [2.75, 3.05) is 0 Å². The van der Waals surface area contributed by atoms with Gasteiger partial charge in [-0.25, -0.2) is 4.79 Å². The van der Waals surface area contributed by atoms with E-state index in [1.807, 2.05) is 12.2 Å². The summed E-state index contributed by atoms with van der Waals surface area (Å²) in [5.74, 6) is -2.25. The van der Waals surface area contributed by atoms with E-state index in [4.69, 9.17) is 19.0 Å². The van der Waals surface area contributed by atoms with Crippen molar-refractivity contribution >= 4 is 11.9 Å². The minimum atomic E-state index is -1.12. The monoisotopic (exact) mass is 281 g/mol. The van der Waals surface area contributed by atoms with Gasteiger partial charge >= 0.3 is 17.9 Å². The van der Waals surface area contributed by atoms with Crippen LogP contribution in [-0.4, -0.2) is 34.9 Å². The topological polar surface area (TPSA) is 74.3 Å². The lowest BCUT2D eigenvalue weighted by molar-refractivity contribution is -0.265. The van der Waals surface area contributed by atoms with Crippen LogP contribution in [0.2, 0.25) is 0 Å². The molecule has 1 aliphatic carbocycles. The maximum absolute atomic E-state index is 12.1. The number of ether oxygens (including phenoxy) is 3. The molecule has 0 N–H and O–H groups in total. The maximum Gasteiger partial charge on any atom is 0.368 e. The molecule has 2 aliphatic heterocycles. The van der Waals surface area contributed by atoms with Crippen LogP contribution in [0.15, 0.2) is 23.8 Å². The summed E-state index contributed by atoms with van der Waals surface area (Å²) in [5, 5.41) is 1.24. The molecule has 7 nitrogen and oxygen atoms in total. The zero-order valence-corrected chi connectivity index (χ0v) is 11.4. The number of esters is 1. The molecule has 0 amide bonds. The molecule has 0 aromatic heterocycles. The van der Waals surface area contributed by atoms with E-state index in [-0.39, 0.29) is 23.8 Å². The van der Waals surface area contributed by atoms with Gasteiger partial charge in [0.15, 0.2) is 0 Å². The first kappa shape index (κ1) is 12.8. The van der Waals surface area contributed by atoms with E-state index in [2.05, 4.69) is 0 Å². The Balaban J connectivity index is 2.01. The molecule has 20 heavy (non-hydrogen) atoms. The third-order valence-corrected chi connectivity index (χ3v) is 3.14. The molecule has 0 spiro atoms. The van der Waals surface area contributed by atoms with Gasteiger partial charge in [-0.15, -0.1) is 0 Å². The van der Waals surface area contributed by atoms with Gasteiger partial charge in [0, 0.05) is 20.8 Å². The summed E-state index contributed by atoms with van der Waals surface area (Å²) >= 11 is 0. The van der Waals surface area contributed by atoms with Crippen LogP contribution in [0.4, 0.5) is 0 Å². The van der Waals surface area contributed by atoms with Crippen LogP contribution in [0.5, 0.6) is 0 Å². The standard InChI is InChI=1S/C13H15NO6/c1-7(15)20-14-8-5-4-6-9(8)17-12-10(14)11(16)18-13(2,3)19-12/h4,6,8-9H,5H2,1-3H3. The summed E-state index contributed by atoms with van der Waals surface area (Å²) in [6, 6.07) is -0.282. The van der Waals surface area contributed by atoms with Crippen LogP contribution in [-0.2, 0) is 28.6 Å². The second-order valence-corrected chi connectivity index (χ2v) is 5.25. The van der Waals surface area contributed by atoms with E-state index in [0.717, 1.165) is 0 Å². The van der Waals surface area contributed by atoms with Crippen molar-refractivity contribution in [2.24, 2.45) is 0 Å². The molecular formula is C13H15NO6. The summed E-state index contributed by atoms with van der Waals surface area (Å²) in [6.07, 6.45) is 4.03. The third kappa shape index (κ3) is 1.99. The maximum atomic E-state index is 12.1. The molecule has 0 aromatic carbocycles. The van der Waals surface area contributed by atoms with E-state index >= 15 is 0 Å². The molecular weight excluding hydrogens is 266 g/mol. The molecule has 2 heterocycles. The van der Waals surface area contributed by atoms with Crippen molar-refractivity contribution in [2.45, 2.75) is 45.1 Å². The first-order valence-electron chi connectivity index (χ1n) is 6.35. The zero-order valence-electron chi connectivity index (χ0n) is 11.4. The fraction of sp³-hybridized carbons (Fsp3) is 0.538. The van der Waals surface area contributed by atoms with Gasteiger partial charge in [-0.05, 0) is 12.5 Å². The lowest BCUT2D eigenvalue weighted by Crippen LogP contribution is -2.52. The predicted molar refractivity (Wildman–Crippen MR) is 64.3 cm³/mol. The van der Waals surface area contributed by atoms with Gasteiger partial charge in [-0.3, -0.25) is 4.79 Å². The average molecular weight is 281 g/mol. The Morgan fingerprint density at radius 2 is 2.20 bits per heavy atom. The van der Waals surface area contributed by atoms with Gasteiger partial charge in [0.2, 0.25) is 5.70 Å². The normalized spacial score (nSPS) is 29.9. The fourth-order valence-electron chi connectivity index (χ4n) is 2.41. The summed E-state index contributed by atoms with van der Waals surface area (Å²) in [6.45, 7) is 4.47. The summed E-state index contributed by atoms with van der Waals surface area (Å²) in [7, 11) is 0. The quantitative estimate of drug-likeness (QED) is 0.523. The second kappa shape index (κ2) is 4.16. The Kier molecular flexibility index (Phi) is 2.67. The molecule has 7 heteroatoms. The highest BCUT2D eigenvalue weighted by molar-refractivity contribution is 5.89. The highest BCUT2D eigenvalue weighted by Gasteiger charge is 2.50. The number of hydrogen-bond acceptors (Lipinski definition) is 7. The second-order valence-electron chi connectivity index (χ2n) is 5.25. The van der Waals surface area contributed by atoms with Crippen molar-refractivity contribution < 1.29 is 28.6 Å². The number of nitrogens with zero attached hydrogens (tertiary/aromatic N) is 1. The van der Waals surface area contributed by atoms with Gasteiger partial charge < -0.3 is 19.0 Å². The number of hydroxylamine groups is 2. The van der Waals surface area contributed by atoms with E-state index < -0.39 is 17.7 Å². The molecule has 0 saturated heterocycles. The largest absolute Gasteiger partial charge is 0.454 e. The smallest absolute Gasteiger partial charge is 0.368 e. The molecule has 108 valence electrons. The highest BCUT2D eigenvalue weighted by atomic mass is 16.8. The molecule has 0 aromatic rings. The van der Waals surface area contributed by atoms with Crippen LogP contribution >= 0.6 is 0 Å². The zero-order chi connectivity index (χ0) is 14.5. The highest BCUT2D eigenvalue weighted by Crippen LogP contribution is 2.38. The Labute approximate surface area is 115 Å². The lowest BCUT2D eigenvalue weighted by Gasteiger charge is -2.42. The van der Waals surface area contributed by atoms with E-state index in [1.165, 1.54) is 12.0 Å². The van der Waals surface area contributed by atoms with Crippen LogP contribution in [0.1, 0.15) is 27.2 Å².